The van der Waals surface area contributed by atoms with Crippen LogP contribution in [0.3, 0.4) is 0 Å². The van der Waals surface area contributed by atoms with Crippen LogP contribution in [0.15, 0.2) is 182 Å². The van der Waals surface area contributed by atoms with E-state index in [4.69, 9.17) is 0 Å². The molecule has 0 aliphatic rings. The molecule has 10 aromatic rings. The highest BCUT2D eigenvalue weighted by molar-refractivity contribution is 6.21. The zero-order valence-corrected chi connectivity index (χ0v) is 26.8. The van der Waals surface area contributed by atoms with Crippen molar-refractivity contribution < 1.29 is 4.40 Å². The molecule has 0 aliphatic heterocycles. The Hall–Kier alpha value is -6.51. The molecule has 0 unspecified atom stereocenters. The minimum absolute atomic E-state index is 1.06. The summed E-state index contributed by atoms with van der Waals surface area (Å²) in [6.07, 6.45) is 2.18. The minimum Gasteiger partial charge on any atom is -0.236 e. The molecule has 2 heteroatoms. The first kappa shape index (κ1) is 27.6. The molecule has 49 heavy (non-hydrogen) atoms. The highest BCUT2D eigenvalue weighted by Gasteiger charge is 2.27. The van der Waals surface area contributed by atoms with Gasteiger partial charge in [0.2, 0.25) is 0 Å². The number of hydrogen-bond donors (Lipinski definition) is 1. The number of pyridine rings is 1. The smallest absolute Gasteiger partial charge is 0.236 e. The Labute approximate surface area is 284 Å². The molecule has 0 radical (unpaired) electrons. The van der Waals surface area contributed by atoms with E-state index >= 15 is 0 Å². The second-order valence-electron chi connectivity index (χ2n) is 12.8. The molecule has 0 atom stereocenters. The van der Waals surface area contributed by atoms with Crippen molar-refractivity contribution in [3.63, 3.8) is 0 Å². The van der Waals surface area contributed by atoms with Crippen LogP contribution in [0.4, 0.5) is 0 Å². The second-order valence-corrected chi connectivity index (χ2v) is 12.8. The molecule has 0 saturated heterocycles. The van der Waals surface area contributed by atoms with Crippen LogP contribution in [0.2, 0.25) is 0 Å². The maximum absolute atomic E-state index is 3.90. The summed E-state index contributed by atoms with van der Waals surface area (Å²) >= 11 is 0. The highest BCUT2D eigenvalue weighted by Crippen LogP contribution is 2.47. The average Bonchev–Trinajstić information content (AvgIpc) is 3.55. The Kier molecular flexibility index (Phi) is 6.22. The first-order chi connectivity index (χ1) is 24.3. The first-order valence-corrected chi connectivity index (χ1v) is 16.9. The maximum atomic E-state index is 3.90. The number of imidazole rings is 1. The Morgan fingerprint density at radius 1 is 0.367 bits per heavy atom. The van der Waals surface area contributed by atoms with Gasteiger partial charge < -0.3 is 0 Å². The Morgan fingerprint density at radius 2 is 0.837 bits per heavy atom. The lowest BCUT2D eigenvalue weighted by Crippen LogP contribution is -2.19. The van der Waals surface area contributed by atoms with Gasteiger partial charge in [-0.3, -0.25) is 0 Å². The monoisotopic (exact) mass is 623 g/mol. The van der Waals surface area contributed by atoms with E-state index in [-0.39, 0.29) is 0 Å². The van der Waals surface area contributed by atoms with Crippen LogP contribution in [-0.2, 0) is 0 Å². The van der Waals surface area contributed by atoms with E-state index in [0.29, 0.717) is 0 Å². The molecule has 1 N–H and O–H groups in total. The van der Waals surface area contributed by atoms with E-state index in [2.05, 4.69) is 192 Å². The summed E-state index contributed by atoms with van der Waals surface area (Å²) in [6, 6.07) is 63.9. The van der Waals surface area contributed by atoms with Crippen LogP contribution >= 0.6 is 0 Å². The van der Waals surface area contributed by atoms with Gasteiger partial charge in [-0.15, -0.1) is 0 Å². The Morgan fingerprint density at radius 3 is 1.45 bits per heavy atom. The fraction of sp³-hybridized carbons (Fsp3) is 0. The van der Waals surface area contributed by atoms with Crippen LogP contribution < -0.4 is 4.40 Å². The van der Waals surface area contributed by atoms with Crippen molar-refractivity contribution in [3.8, 4) is 44.5 Å². The van der Waals surface area contributed by atoms with Crippen LogP contribution in [0.5, 0.6) is 0 Å². The molecule has 0 amide bonds. The van der Waals surface area contributed by atoms with Crippen LogP contribution in [-0.4, -0.2) is 4.98 Å². The molecular formula is C47H31N2+. The quantitative estimate of drug-likeness (QED) is 0.188. The van der Waals surface area contributed by atoms with Crippen molar-refractivity contribution in [3.05, 3.63) is 182 Å². The van der Waals surface area contributed by atoms with E-state index in [1.165, 1.54) is 82.3 Å². The van der Waals surface area contributed by atoms with E-state index in [9.17, 15) is 0 Å². The molecule has 2 aromatic heterocycles. The number of aromatic amines is 1. The largest absolute Gasteiger partial charge is 0.284 e. The third kappa shape index (κ3) is 4.38. The standard InChI is InChI=1S/C47H30N2/c1-3-15-33-29-35(26-24-31(33)13-1)37-17-5-7-19-39(37)44-41-21-9-10-22-42(41)45(47-46(44)48-43-23-11-12-28-49(43)47)40-20-8-6-18-38(40)36-27-25-32-14-2-4-16-34(32)30-36/h1-30H/p+1. The molecule has 0 spiro atoms. The predicted octanol–water partition coefficient (Wildman–Crippen LogP) is 12.0. The topological polar surface area (TPSA) is 19.9 Å². The molecular weight excluding hydrogens is 593 g/mol. The SMILES string of the molecule is c1ccc(-c2c3ccccc3c(-c3ccccc3-c3ccc4ccccc4c3)c3c2[nH]c2cccc[n+]23)c(-c2ccc3ccccc3c2)c1. The lowest BCUT2D eigenvalue weighted by Gasteiger charge is -2.17. The van der Waals surface area contributed by atoms with E-state index in [1.54, 1.807) is 0 Å². The van der Waals surface area contributed by atoms with Gasteiger partial charge in [-0.2, -0.15) is 4.40 Å². The number of fused-ring (bicyclic) bond motifs is 6. The van der Waals surface area contributed by atoms with Gasteiger partial charge in [-0.05, 0) is 83.9 Å². The highest BCUT2D eigenvalue weighted by atomic mass is 15.0. The second kappa shape index (κ2) is 11.0. The Balaban J connectivity index is 1.32. The zero-order chi connectivity index (χ0) is 32.3. The first-order valence-electron chi connectivity index (χ1n) is 16.9. The summed E-state index contributed by atoms with van der Waals surface area (Å²) in [5.74, 6) is 0. The number of hydrogen-bond acceptors (Lipinski definition) is 0. The van der Waals surface area contributed by atoms with Gasteiger partial charge in [-0.1, -0.05) is 152 Å². The lowest BCUT2D eigenvalue weighted by atomic mass is 9.85. The molecule has 0 saturated carbocycles. The number of nitrogens with zero attached hydrogens (tertiary/aromatic N) is 1. The summed E-state index contributed by atoms with van der Waals surface area (Å²) in [4.78, 5) is 3.90. The van der Waals surface area contributed by atoms with Crippen LogP contribution in [0.1, 0.15) is 0 Å². The summed E-state index contributed by atoms with van der Waals surface area (Å²) in [6.45, 7) is 0. The van der Waals surface area contributed by atoms with Crippen molar-refractivity contribution in [1.82, 2.24) is 4.98 Å². The van der Waals surface area contributed by atoms with Gasteiger partial charge in [0.25, 0.3) is 5.65 Å². The van der Waals surface area contributed by atoms with Crippen molar-refractivity contribution in [2.75, 3.05) is 0 Å². The molecule has 0 bridgehead atoms. The van der Waals surface area contributed by atoms with Gasteiger partial charge in [0.1, 0.15) is 0 Å². The van der Waals surface area contributed by atoms with Crippen molar-refractivity contribution >= 4 is 49.0 Å². The van der Waals surface area contributed by atoms with Gasteiger partial charge in [0, 0.05) is 17.2 Å². The summed E-state index contributed by atoms with van der Waals surface area (Å²) in [5.41, 5.74) is 13.1. The van der Waals surface area contributed by atoms with E-state index in [0.717, 1.165) is 11.2 Å². The third-order valence-corrected chi connectivity index (χ3v) is 10.1. The molecule has 0 fully saturated rings. The number of nitrogens with one attached hydrogen (secondary N) is 1. The summed E-state index contributed by atoms with van der Waals surface area (Å²) in [5, 5.41) is 7.43. The maximum Gasteiger partial charge on any atom is 0.284 e. The average molecular weight is 624 g/mol. The van der Waals surface area contributed by atoms with Crippen LogP contribution in [0.25, 0.3) is 93.5 Å². The molecule has 2 nitrogen and oxygen atoms in total. The third-order valence-electron chi connectivity index (χ3n) is 10.1. The van der Waals surface area contributed by atoms with E-state index in [1.807, 2.05) is 0 Å². The number of rotatable bonds is 4. The molecule has 2 heterocycles. The molecule has 10 rings (SSSR count). The van der Waals surface area contributed by atoms with Gasteiger partial charge in [0.15, 0.2) is 11.0 Å². The van der Waals surface area contributed by atoms with Crippen molar-refractivity contribution in [1.29, 1.82) is 0 Å². The number of benzene rings is 8. The van der Waals surface area contributed by atoms with E-state index < -0.39 is 0 Å². The van der Waals surface area contributed by atoms with Crippen LogP contribution in [0, 0.1) is 0 Å². The number of aromatic nitrogens is 2. The predicted molar refractivity (Wildman–Crippen MR) is 206 cm³/mol. The molecule has 0 aliphatic carbocycles. The minimum atomic E-state index is 1.06. The normalized spacial score (nSPS) is 11.7. The molecule has 8 aromatic carbocycles. The Bertz CT molecular complexity index is 2890. The van der Waals surface area contributed by atoms with Gasteiger partial charge in [0.05, 0.1) is 6.20 Å². The lowest BCUT2D eigenvalue weighted by molar-refractivity contribution is -0.480. The molecule has 228 valence electrons. The summed E-state index contributed by atoms with van der Waals surface area (Å²) in [7, 11) is 0. The van der Waals surface area contributed by atoms with Crippen molar-refractivity contribution in [2.45, 2.75) is 0 Å². The number of H-pyrrole nitrogens is 1. The van der Waals surface area contributed by atoms with Gasteiger partial charge in [-0.25, -0.2) is 4.98 Å². The fourth-order valence-corrected chi connectivity index (χ4v) is 7.83. The van der Waals surface area contributed by atoms with Crippen molar-refractivity contribution in [2.24, 2.45) is 0 Å². The zero-order valence-electron chi connectivity index (χ0n) is 26.8. The summed E-state index contributed by atoms with van der Waals surface area (Å²) < 4.78 is 2.33. The fourth-order valence-electron chi connectivity index (χ4n) is 7.83. The van der Waals surface area contributed by atoms with Gasteiger partial charge >= 0.3 is 0 Å².